The number of ether oxygens (including phenoxy) is 1. The average molecular weight is 447 g/mol. The van der Waals surface area contributed by atoms with Crippen LogP contribution in [0.4, 0.5) is 0 Å². The quantitative estimate of drug-likeness (QED) is 0.590. The molecule has 0 aliphatic rings. The number of carbonyl (C=O) groups is 1. The molecule has 0 bridgehead atoms. The molecule has 7 heteroatoms. The van der Waals surface area contributed by atoms with Crippen LogP contribution in [0.5, 0.6) is 5.75 Å². The van der Waals surface area contributed by atoms with E-state index in [0.717, 1.165) is 5.56 Å². The van der Waals surface area contributed by atoms with E-state index < -0.39 is 10.0 Å². The molecule has 0 fully saturated rings. The summed E-state index contributed by atoms with van der Waals surface area (Å²) in [5.41, 5.74) is 1.39. The Balaban J connectivity index is 2.13. The fraction of sp³-hybridized carbons (Fsp3) is 0.458. The number of amides is 1. The van der Waals surface area contributed by atoms with Crippen molar-refractivity contribution < 1.29 is 17.9 Å². The summed E-state index contributed by atoms with van der Waals surface area (Å²) >= 11 is 0. The van der Waals surface area contributed by atoms with Gasteiger partial charge in [-0.2, -0.15) is 4.31 Å². The smallest absolute Gasteiger partial charge is 0.251 e. The summed E-state index contributed by atoms with van der Waals surface area (Å²) in [5.74, 6) is 1.17. The van der Waals surface area contributed by atoms with Crippen molar-refractivity contribution in [1.29, 1.82) is 0 Å². The second kappa shape index (κ2) is 10.8. The molecule has 0 saturated carbocycles. The molecular formula is C24H34N2O4S. The fourth-order valence-corrected chi connectivity index (χ4v) is 5.00. The molecule has 0 spiro atoms. The summed E-state index contributed by atoms with van der Waals surface area (Å²) in [4.78, 5) is 12.8. The van der Waals surface area contributed by atoms with Gasteiger partial charge in [-0.1, -0.05) is 46.8 Å². The van der Waals surface area contributed by atoms with Crippen LogP contribution in [0.1, 0.15) is 50.5 Å². The van der Waals surface area contributed by atoms with Gasteiger partial charge in [0.25, 0.3) is 5.91 Å². The van der Waals surface area contributed by atoms with Crippen molar-refractivity contribution in [3.8, 4) is 5.75 Å². The molecule has 31 heavy (non-hydrogen) atoms. The zero-order chi connectivity index (χ0) is 23.2. The molecular weight excluding hydrogens is 412 g/mol. The van der Waals surface area contributed by atoms with Gasteiger partial charge in [0.05, 0.1) is 12.0 Å². The van der Waals surface area contributed by atoms with Crippen molar-refractivity contribution in [3.05, 3.63) is 59.7 Å². The van der Waals surface area contributed by atoms with Gasteiger partial charge < -0.3 is 10.1 Å². The van der Waals surface area contributed by atoms with Crippen LogP contribution in [0, 0.1) is 11.8 Å². The minimum absolute atomic E-state index is 0.0948. The lowest BCUT2D eigenvalue weighted by atomic mass is 9.93. The lowest BCUT2D eigenvalue weighted by molar-refractivity contribution is 0.0910. The van der Waals surface area contributed by atoms with Crippen molar-refractivity contribution in [2.75, 3.05) is 13.7 Å². The Morgan fingerprint density at radius 2 is 1.52 bits per heavy atom. The molecule has 6 nitrogen and oxygen atoms in total. The van der Waals surface area contributed by atoms with E-state index in [-0.39, 0.29) is 23.4 Å². The topological polar surface area (TPSA) is 75.7 Å². The summed E-state index contributed by atoms with van der Waals surface area (Å²) in [6.07, 6.45) is 0. The highest BCUT2D eigenvalue weighted by Gasteiger charge is 2.24. The van der Waals surface area contributed by atoms with E-state index in [0.29, 0.717) is 29.7 Å². The highest BCUT2D eigenvalue weighted by atomic mass is 32.2. The van der Waals surface area contributed by atoms with Gasteiger partial charge in [-0.05, 0) is 53.8 Å². The van der Waals surface area contributed by atoms with Crippen LogP contribution in [0.15, 0.2) is 53.4 Å². The summed E-state index contributed by atoms with van der Waals surface area (Å²) < 4.78 is 32.5. The van der Waals surface area contributed by atoms with E-state index in [1.165, 1.54) is 11.4 Å². The molecule has 0 aliphatic heterocycles. The number of methoxy groups -OCH3 is 1. The number of sulfonamides is 1. The SMILES string of the molecule is CCN(Cc1ccc(C(=O)NC(C(C)C)C(C)C)cc1)S(=O)(=O)c1ccc(OC)cc1. The van der Waals surface area contributed by atoms with E-state index in [2.05, 4.69) is 33.0 Å². The maximum atomic E-state index is 13.0. The first-order chi connectivity index (χ1) is 14.6. The third-order valence-corrected chi connectivity index (χ3v) is 7.29. The van der Waals surface area contributed by atoms with Crippen LogP contribution in [0.2, 0.25) is 0 Å². The van der Waals surface area contributed by atoms with Gasteiger partial charge in [0.2, 0.25) is 10.0 Å². The van der Waals surface area contributed by atoms with Gasteiger partial charge >= 0.3 is 0 Å². The third kappa shape index (κ3) is 6.31. The molecule has 1 amide bonds. The van der Waals surface area contributed by atoms with E-state index in [4.69, 9.17) is 4.74 Å². The molecule has 0 radical (unpaired) electrons. The second-order valence-electron chi connectivity index (χ2n) is 8.29. The number of carbonyl (C=O) groups excluding carboxylic acids is 1. The summed E-state index contributed by atoms with van der Waals surface area (Å²) in [6.45, 7) is 10.7. The lowest BCUT2D eigenvalue weighted by Crippen LogP contribution is -2.42. The Morgan fingerprint density at radius 1 is 0.968 bits per heavy atom. The van der Waals surface area contributed by atoms with Crippen molar-refractivity contribution in [2.24, 2.45) is 11.8 Å². The first kappa shape index (κ1) is 24.9. The zero-order valence-corrected chi connectivity index (χ0v) is 20.1. The molecule has 2 rings (SSSR count). The third-order valence-electron chi connectivity index (χ3n) is 5.36. The Bertz CT molecular complexity index is 944. The average Bonchev–Trinajstić information content (AvgIpc) is 2.75. The van der Waals surface area contributed by atoms with Gasteiger partial charge in [-0.15, -0.1) is 0 Å². The van der Waals surface area contributed by atoms with Crippen molar-refractivity contribution >= 4 is 15.9 Å². The molecule has 0 aromatic heterocycles. The normalized spacial score (nSPS) is 12.1. The summed E-state index contributed by atoms with van der Waals surface area (Å²) in [6, 6.07) is 13.6. The first-order valence-corrected chi connectivity index (χ1v) is 12.1. The number of nitrogens with one attached hydrogen (secondary N) is 1. The fourth-order valence-electron chi connectivity index (χ4n) is 3.57. The van der Waals surface area contributed by atoms with Crippen LogP contribution >= 0.6 is 0 Å². The van der Waals surface area contributed by atoms with Crippen LogP contribution in [-0.4, -0.2) is 38.3 Å². The molecule has 0 heterocycles. The minimum Gasteiger partial charge on any atom is -0.497 e. The van der Waals surface area contributed by atoms with Gasteiger partial charge in [-0.25, -0.2) is 8.42 Å². The molecule has 0 aliphatic carbocycles. The van der Waals surface area contributed by atoms with E-state index in [9.17, 15) is 13.2 Å². The van der Waals surface area contributed by atoms with Crippen LogP contribution in [0.3, 0.4) is 0 Å². The summed E-state index contributed by atoms with van der Waals surface area (Å²) in [5, 5.41) is 3.10. The number of hydrogen-bond acceptors (Lipinski definition) is 4. The standard InChI is InChI=1S/C24H34N2O4S/c1-7-26(31(28,29)22-14-12-21(30-6)13-15-22)16-19-8-10-20(11-9-19)24(27)25-23(17(2)3)18(4)5/h8-15,17-18,23H,7,16H2,1-6H3,(H,25,27). The van der Waals surface area contributed by atoms with Crippen LogP contribution in [-0.2, 0) is 16.6 Å². The number of hydrogen-bond donors (Lipinski definition) is 1. The maximum absolute atomic E-state index is 13.0. The summed E-state index contributed by atoms with van der Waals surface area (Å²) in [7, 11) is -2.10. The minimum atomic E-state index is -3.64. The van der Waals surface area contributed by atoms with Crippen molar-refractivity contribution in [2.45, 2.75) is 52.1 Å². The first-order valence-electron chi connectivity index (χ1n) is 10.6. The monoisotopic (exact) mass is 446 g/mol. The molecule has 2 aromatic rings. The maximum Gasteiger partial charge on any atom is 0.251 e. The number of nitrogens with zero attached hydrogens (tertiary/aromatic N) is 1. The highest BCUT2D eigenvalue weighted by molar-refractivity contribution is 7.89. The van der Waals surface area contributed by atoms with Crippen LogP contribution in [0.25, 0.3) is 0 Å². The predicted octanol–water partition coefficient (Wildman–Crippen LogP) is 4.32. The molecule has 0 saturated heterocycles. The van der Waals surface area contributed by atoms with E-state index >= 15 is 0 Å². The van der Waals surface area contributed by atoms with Gasteiger partial charge in [0, 0.05) is 24.7 Å². The predicted molar refractivity (Wildman–Crippen MR) is 124 cm³/mol. The van der Waals surface area contributed by atoms with Gasteiger partial charge in [-0.3, -0.25) is 4.79 Å². The van der Waals surface area contributed by atoms with Crippen molar-refractivity contribution in [3.63, 3.8) is 0 Å². The van der Waals surface area contributed by atoms with Gasteiger partial charge in [0.1, 0.15) is 5.75 Å². The van der Waals surface area contributed by atoms with Gasteiger partial charge in [0.15, 0.2) is 0 Å². The lowest BCUT2D eigenvalue weighted by Gasteiger charge is -2.26. The van der Waals surface area contributed by atoms with Crippen molar-refractivity contribution in [1.82, 2.24) is 9.62 Å². The number of benzene rings is 2. The molecule has 0 atom stereocenters. The molecule has 170 valence electrons. The molecule has 1 N–H and O–H groups in total. The Kier molecular flexibility index (Phi) is 8.65. The van der Waals surface area contributed by atoms with E-state index in [1.807, 2.05) is 0 Å². The largest absolute Gasteiger partial charge is 0.497 e. The Morgan fingerprint density at radius 3 is 1.97 bits per heavy atom. The van der Waals surface area contributed by atoms with E-state index in [1.54, 1.807) is 55.5 Å². The second-order valence-corrected chi connectivity index (χ2v) is 10.2. The molecule has 0 unspecified atom stereocenters. The highest BCUT2D eigenvalue weighted by Crippen LogP contribution is 2.21. The zero-order valence-electron chi connectivity index (χ0n) is 19.3. The Labute approximate surface area is 186 Å². The molecule has 2 aromatic carbocycles. The Hall–Kier alpha value is -2.38. The van der Waals surface area contributed by atoms with Crippen LogP contribution < -0.4 is 10.1 Å². The number of rotatable bonds is 10.